The summed E-state index contributed by atoms with van der Waals surface area (Å²) in [6.45, 7) is 5.26. The van der Waals surface area contributed by atoms with Gasteiger partial charge in [-0.1, -0.05) is 12.1 Å². The first-order valence-electron chi connectivity index (χ1n) is 10.1. The number of nitrogens with zero attached hydrogens (tertiary/aromatic N) is 2. The Hall–Kier alpha value is -1.36. The fourth-order valence-corrected chi connectivity index (χ4v) is 5.05. The minimum atomic E-state index is -3.59. The first-order valence-corrected chi connectivity index (χ1v) is 11.5. The number of Topliss-reactive ketones (excluding diaryl/α,β-unsaturated/α-hetero) is 1. The van der Waals surface area contributed by atoms with Gasteiger partial charge in [0, 0.05) is 44.9 Å². The average molecular weight is 427 g/mol. The van der Waals surface area contributed by atoms with Gasteiger partial charge in [0.05, 0.1) is 30.3 Å². The van der Waals surface area contributed by atoms with Crippen molar-refractivity contribution in [1.82, 2.24) is 9.21 Å². The number of hydrogen-bond donors (Lipinski definition) is 1. The Bertz CT molecular complexity index is 769. The molecule has 0 aliphatic carbocycles. The molecule has 8 nitrogen and oxygen atoms in total. The van der Waals surface area contributed by atoms with E-state index in [0.29, 0.717) is 44.9 Å². The highest BCUT2D eigenvalue weighted by atomic mass is 32.2. The van der Waals surface area contributed by atoms with Gasteiger partial charge in [0.2, 0.25) is 10.0 Å². The number of hydrogen-bond acceptors (Lipinski definition) is 7. The first kappa shape index (κ1) is 22.3. The lowest BCUT2D eigenvalue weighted by atomic mass is 10.2. The molecule has 2 aliphatic rings. The SMILES string of the molecule is CC(=O)c1ccc(S(=O)(=O)N2CCN(C[C@H](O)COC[C@@H]3CCCO3)CC2)cc1. The maximum atomic E-state index is 12.8. The Morgan fingerprint density at radius 1 is 1.24 bits per heavy atom. The molecule has 0 radical (unpaired) electrons. The van der Waals surface area contributed by atoms with Gasteiger partial charge < -0.3 is 14.6 Å². The van der Waals surface area contributed by atoms with Crippen molar-refractivity contribution in [1.29, 1.82) is 0 Å². The van der Waals surface area contributed by atoms with Crippen LogP contribution in [0.3, 0.4) is 0 Å². The zero-order valence-corrected chi connectivity index (χ0v) is 17.6. The van der Waals surface area contributed by atoms with Crippen LogP contribution >= 0.6 is 0 Å². The maximum absolute atomic E-state index is 12.8. The molecule has 162 valence electrons. The molecule has 0 saturated carbocycles. The predicted molar refractivity (Wildman–Crippen MR) is 107 cm³/mol. The fourth-order valence-electron chi connectivity index (χ4n) is 3.63. The van der Waals surface area contributed by atoms with E-state index in [1.807, 2.05) is 4.90 Å². The third-order valence-electron chi connectivity index (χ3n) is 5.34. The van der Waals surface area contributed by atoms with Gasteiger partial charge in [-0.3, -0.25) is 9.69 Å². The Labute approximate surface area is 172 Å². The molecule has 0 aromatic heterocycles. The topological polar surface area (TPSA) is 96.4 Å². The summed E-state index contributed by atoms with van der Waals surface area (Å²) in [6, 6.07) is 6.04. The summed E-state index contributed by atoms with van der Waals surface area (Å²) in [7, 11) is -3.59. The van der Waals surface area contributed by atoms with E-state index in [4.69, 9.17) is 9.47 Å². The molecule has 2 atom stereocenters. The molecule has 29 heavy (non-hydrogen) atoms. The molecular formula is C20H30N2O6S. The number of ether oxygens (including phenoxy) is 2. The van der Waals surface area contributed by atoms with E-state index in [1.54, 1.807) is 12.1 Å². The first-order chi connectivity index (χ1) is 13.9. The molecule has 1 N–H and O–H groups in total. The molecule has 2 saturated heterocycles. The van der Waals surface area contributed by atoms with E-state index in [-0.39, 0.29) is 23.4 Å². The second kappa shape index (κ2) is 10.1. The molecular weight excluding hydrogens is 396 g/mol. The summed E-state index contributed by atoms with van der Waals surface area (Å²) in [5.74, 6) is -0.0964. The van der Waals surface area contributed by atoms with Crippen LogP contribution in [0.25, 0.3) is 0 Å². The van der Waals surface area contributed by atoms with Crippen LogP contribution < -0.4 is 0 Å². The number of rotatable bonds is 9. The van der Waals surface area contributed by atoms with Crippen LogP contribution in [0.2, 0.25) is 0 Å². The summed E-state index contributed by atoms with van der Waals surface area (Å²) < 4.78 is 38.1. The van der Waals surface area contributed by atoms with Crippen molar-refractivity contribution in [2.75, 3.05) is 52.5 Å². The van der Waals surface area contributed by atoms with Gasteiger partial charge in [-0.25, -0.2) is 8.42 Å². The monoisotopic (exact) mass is 426 g/mol. The lowest BCUT2D eigenvalue weighted by molar-refractivity contribution is -0.0270. The van der Waals surface area contributed by atoms with Gasteiger partial charge in [-0.15, -0.1) is 0 Å². The van der Waals surface area contributed by atoms with Gasteiger partial charge in [0.15, 0.2) is 5.78 Å². The molecule has 0 bridgehead atoms. The van der Waals surface area contributed by atoms with Crippen molar-refractivity contribution in [3.63, 3.8) is 0 Å². The lowest BCUT2D eigenvalue weighted by Gasteiger charge is -2.34. The van der Waals surface area contributed by atoms with Crippen LogP contribution in [0.15, 0.2) is 29.2 Å². The predicted octanol–water partition coefficient (Wildman–Crippen LogP) is 0.752. The molecule has 1 aromatic carbocycles. The molecule has 2 heterocycles. The highest BCUT2D eigenvalue weighted by molar-refractivity contribution is 7.89. The summed E-state index contributed by atoms with van der Waals surface area (Å²) in [5, 5.41) is 10.2. The highest BCUT2D eigenvalue weighted by Gasteiger charge is 2.29. The zero-order chi connectivity index (χ0) is 20.9. The van der Waals surface area contributed by atoms with E-state index in [1.165, 1.54) is 23.4 Å². The minimum Gasteiger partial charge on any atom is -0.389 e. The number of benzene rings is 1. The van der Waals surface area contributed by atoms with Crippen molar-refractivity contribution in [2.45, 2.75) is 36.9 Å². The standard InChI is InChI=1S/C20H30N2O6S/c1-16(23)17-4-6-20(7-5-17)29(25,26)22-10-8-21(9-11-22)13-18(24)14-27-15-19-3-2-12-28-19/h4-7,18-19,24H,2-3,8-15H2,1H3/t18-,19-/m0/s1. The summed E-state index contributed by atoms with van der Waals surface area (Å²) in [5.41, 5.74) is 0.490. The van der Waals surface area contributed by atoms with Crippen molar-refractivity contribution in [3.05, 3.63) is 29.8 Å². The Morgan fingerprint density at radius 3 is 2.52 bits per heavy atom. The second-order valence-electron chi connectivity index (χ2n) is 7.61. The molecule has 1 aromatic rings. The van der Waals surface area contributed by atoms with Crippen LogP contribution in [0.5, 0.6) is 0 Å². The molecule has 0 unspecified atom stereocenters. The third kappa shape index (κ3) is 6.07. The average Bonchev–Trinajstić information content (AvgIpc) is 3.22. The number of ketones is 1. The normalized spacial score (nSPS) is 22.6. The Morgan fingerprint density at radius 2 is 1.93 bits per heavy atom. The molecule has 0 amide bonds. The maximum Gasteiger partial charge on any atom is 0.243 e. The Kier molecular flexibility index (Phi) is 7.78. The van der Waals surface area contributed by atoms with E-state index in [9.17, 15) is 18.3 Å². The zero-order valence-electron chi connectivity index (χ0n) is 16.8. The smallest absolute Gasteiger partial charge is 0.243 e. The van der Waals surface area contributed by atoms with Crippen LogP contribution in [0.1, 0.15) is 30.1 Å². The van der Waals surface area contributed by atoms with Crippen LogP contribution in [0, 0.1) is 0 Å². The van der Waals surface area contributed by atoms with Gasteiger partial charge in [0.25, 0.3) is 0 Å². The van der Waals surface area contributed by atoms with Gasteiger partial charge >= 0.3 is 0 Å². The van der Waals surface area contributed by atoms with Crippen molar-refractivity contribution in [3.8, 4) is 0 Å². The van der Waals surface area contributed by atoms with Crippen molar-refractivity contribution < 1.29 is 27.8 Å². The quantitative estimate of drug-likeness (QED) is 0.582. The number of sulfonamides is 1. The van der Waals surface area contributed by atoms with E-state index in [0.717, 1.165) is 19.4 Å². The molecule has 2 aliphatic heterocycles. The van der Waals surface area contributed by atoms with Gasteiger partial charge in [-0.05, 0) is 31.9 Å². The van der Waals surface area contributed by atoms with Crippen molar-refractivity contribution in [2.24, 2.45) is 0 Å². The number of aliphatic hydroxyl groups is 1. The van der Waals surface area contributed by atoms with Gasteiger partial charge in [0.1, 0.15) is 0 Å². The molecule has 0 spiro atoms. The Balaban J connectivity index is 1.43. The van der Waals surface area contributed by atoms with Gasteiger partial charge in [-0.2, -0.15) is 4.31 Å². The van der Waals surface area contributed by atoms with E-state index < -0.39 is 16.1 Å². The van der Waals surface area contributed by atoms with E-state index >= 15 is 0 Å². The molecule has 9 heteroatoms. The largest absolute Gasteiger partial charge is 0.389 e. The van der Waals surface area contributed by atoms with Crippen LogP contribution in [0.4, 0.5) is 0 Å². The number of piperazine rings is 1. The third-order valence-corrected chi connectivity index (χ3v) is 7.25. The number of carbonyl (C=O) groups excluding carboxylic acids is 1. The second-order valence-corrected chi connectivity index (χ2v) is 9.55. The number of β-amino-alcohol motifs (C(OH)–C–C–N with tert-alkyl or cyclic N) is 1. The van der Waals surface area contributed by atoms with E-state index in [2.05, 4.69) is 0 Å². The lowest BCUT2D eigenvalue weighted by Crippen LogP contribution is -2.50. The fraction of sp³-hybridized carbons (Fsp3) is 0.650. The highest BCUT2D eigenvalue weighted by Crippen LogP contribution is 2.19. The number of carbonyl (C=O) groups is 1. The summed E-state index contributed by atoms with van der Waals surface area (Å²) in [6.07, 6.45) is 1.59. The minimum absolute atomic E-state index is 0.0964. The summed E-state index contributed by atoms with van der Waals surface area (Å²) in [4.78, 5) is 13.6. The van der Waals surface area contributed by atoms with Crippen molar-refractivity contribution >= 4 is 15.8 Å². The van der Waals surface area contributed by atoms with Crippen LogP contribution in [-0.4, -0.2) is 93.3 Å². The number of aliphatic hydroxyl groups excluding tert-OH is 1. The van der Waals surface area contributed by atoms with Crippen LogP contribution in [-0.2, 0) is 19.5 Å². The molecule has 2 fully saturated rings. The molecule has 3 rings (SSSR count). The summed E-state index contributed by atoms with van der Waals surface area (Å²) >= 11 is 0.